The molecule has 0 saturated heterocycles. The Kier molecular flexibility index (Phi) is 5.02. The summed E-state index contributed by atoms with van der Waals surface area (Å²) in [5, 5.41) is 8.37. The summed E-state index contributed by atoms with van der Waals surface area (Å²) in [7, 11) is 1.96. The number of aromatic nitrogens is 2. The van der Waals surface area contributed by atoms with E-state index in [1.165, 1.54) is 11.1 Å². The van der Waals surface area contributed by atoms with E-state index in [-0.39, 0.29) is 6.04 Å². The van der Waals surface area contributed by atoms with Crippen molar-refractivity contribution in [2.75, 3.05) is 7.05 Å². The van der Waals surface area contributed by atoms with E-state index in [2.05, 4.69) is 45.5 Å². The quantitative estimate of drug-likeness (QED) is 0.895. The predicted octanol–water partition coefficient (Wildman–Crippen LogP) is 3.82. The Morgan fingerprint density at radius 1 is 1.47 bits per heavy atom. The van der Waals surface area contributed by atoms with E-state index in [4.69, 9.17) is 11.6 Å². The summed E-state index contributed by atoms with van der Waals surface area (Å²) in [5.74, 6) is 0. The smallest absolute Gasteiger partial charge is 0.0551 e. The summed E-state index contributed by atoms with van der Waals surface area (Å²) < 4.78 is 2.86. The highest BCUT2D eigenvalue weighted by Gasteiger charge is 2.12. The van der Waals surface area contributed by atoms with E-state index in [0.717, 1.165) is 22.5 Å². The van der Waals surface area contributed by atoms with Crippen molar-refractivity contribution in [1.82, 2.24) is 15.1 Å². The lowest BCUT2D eigenvalue weighted by molar-refractivity contribution is 0.590. The van der Waals surface area contributed by atoms with Crippen LogP contribution in [0.1, 0.15) is 24.1 Å². The van der Waals surface area contributed by atoms with Crippen LogP contribution in [-0.4, -0.2) is 16.8 Å². The number of rotatable bonds is 5. The van der Waals surface area contributed by atoms with Crippen molar-refractivity contribution in [3.05, 3.63) is 51.2 Å². The van der Waals surface area contributed by atoms with Crippen molar-refractivity contribution in [3.63, 3.8) is 0 Å². The number of hydrogen-bond donors (Lipinski definition) is 1. The van der Waals surface area contributed by atoms with Gasteiger partial charge in [-0.2, -0.15) is 5.10 Å². The largest absolute Gasteiger partial charge is 0.313 e. The molecule has 0 spiro atoms. The minimum absolute atomic E-state index is 0.236. The first-order valence-electron chi connectivity index (χ1n) is 6.27. The van der Waals surface area contributed by atoms with Crippen LogP contribution in [-0.2, 0) is 13.0 Å². The second-order valence-electron chi connectivity index (χ2n) is 4.42. The monoisotopic (exact) mass is 341 g/mol. The molecule has 2 aromatic rings. The maximum absolute atomic E-state index is 6.15. The first kappa shape index (κ1) is 14.6. The van der Waals surface area contributed by atoms with Crippen LogP contribution in [0, 0.1) is 0 Å². The Labute approximate surface area is 127 Å². The van der Waals surface area contributed by atoms with E-state index >= 15 is 0 Å². The molecule has 0 aliphatic carbocycles. The average molecular weight is 343 g/mol. The SMILES string of the molecule is CCn1cc(CC(NC)c2ccc(Br)c(Cl)c2)cn1. The second kappa shape index (κ2) is 6.55. The third-order valence-electron chi connectivity index (χ3n) is 3.15. The predicted molar refractivity (Wildman–Crippen MR) is 82.6 cm³/mol. The average Bonchev–Trinajstić information content (AvgIpc) is 2.87. The van der Waals surface area contributed by atoms with E-state index in [1.807, 2.05) is 30.1 Å². The Bertz CT molecular complexity index is 553. The van der Waals surface area contributed by atoms with Crippen molar-refractivity contribution in [1.29, 1.82) is 0 Å². The number of aryl methyl sites for hydroxylation is 1. The van der Waals surface area contributed by atoms with E-state index in [1.54, 1.807) is 0 Å². The molecule has 1 atom stereocenters. The van der Waals surface area contributed by atoms with Crippen LogP contribution in [0.5, 0.6) is 0 Å². The van der Waals surface area contributed by atoms with E-state index in [0.29, 0.717) is 0 Å². The van der Waals surface area contributed by atoms with Crippen molar-refractivity contribution in [2.24, 2.45) is 0 Å². The third-order valence-corrected chi connectivity index (χ3v) is 4.38. The molecule has 102 valence electrons. The van der Waals surface area contributed by atoms with E-state index < -0.39 is 0 Å². The maximum atomic E-state index is 6.15. The Morgan fingerprint density at radius 2 is 2.26 bits per heavy atom. The van der Waals surface area contributed by atoms with Gasteiger partial charge in [-0.25, -0.2) is 0 Å². The molecular formula is C14H17BrClN3. The van der Waals surface area contributed by atoms with Crippen LogP contribution >= 0.6 is 27.5 Å². The molecule has 0 aliphatic heterocycles. The fourth-order valence-corrected chi connectivity index (χ4v) is 2.47. The molecule has 3 nitrogen and oxygen atoms in total. The van der Waals surface area contributed by atoms with Gasteiger partial charge in [-0.1, -0.05) is 17.7 Å². The first-order chi connectivity index (χ1) is 9.13. The van der Waals surface area contributed by atoms with Gasteiger partial charge in [0.15, 0.2) is 0 Å². The van der Waals surface area contributed by atoms with Crippen molar-refractivity contribution in [2.45, 2.75) is 25.9 Å². The van der Waals surface area contributed by atoms with Crippen molar-refractivity contribution >= 4 is 27.5 Å². The topological polar surface area (TPSA) is 29.9 Å². The highest BCUT2D eigenvalue weighted by molar-refractivity contribution is 9.10. The van der Waals surface area contributed by atoms with Crippen LogP contribution in [0.15, 0.2) is 35.1 Å². The van der Waals surface area contributed by atoms with Gasteiger partial charge >= 0.3 is 0 Å². The van der Waals surface area contributed by atoms with Crippen LogP contribution in [0.2, 0.25) is 5.02 Å². The van der Waals surface area contributed by atoms with Gasteiger partial charge in [0.2, 0.25) is 0 Å². The minimum Gasteiger partial charge on any atom is -0.313 e. The molecule has 0 bridgehead atoms. The van der Waals surface area contributed by atoms with Crippen molar-refractivity contribution < 1.29 is 0 Å². The summed E-state index contributed by atoms with van der Waals surface area (Å²) >= 11 is 9.57. The van der Waals surface area contributed by atoms with Gasteiger partial charge in [0.25, 0.3) is 0 Å². The molecule has 1 aromatic carbocycles. The fraction of sp³-hybridized carbons (Fsp3) is 0.357. The second-order valence-corrected chi connectivity index (χ2v) is 5.68. The Hall–Kier alpha value is -0.840. The van der Waals surface area contributed by atoms with Gasteiger partial charge in [0.05, 0.1) is 11.2 Å². The molecular weight excluding hydrogens is 326 g/mol. The first-order valence-corrected chi connectivity index (χ1v) is 7.44. The lowest BCUT2D eigenvalue weighted by atomic mass is 10.0. The Morgan fingerprint density at radius 3 is 2.84 bits per heavy atom. The number of hydrogen-bond acceptors (Lipinski definition) is 2. The Balaban J connectivity index is 2.17. The highest BCUT2D eigenvalue weighted by atomic mass is 79.9. The van der Waals surface area contributed by atoms with Gasteiger partial charge in [-0.15, -0.1) is 0 Å². The summed E-state index contributed by atoms with van der Waals surface area (Å²) in [5.41, 5.74) is 2.40. The van der Waals surface area contributed by atoms with Gasteiger partial charge < -0.3 is 5.32 Å². The minimum atomic E-state index is 0.236. The molecule has 1 N–H and O–H groups in total. The zero-order valence-electron chi connectivity index (χ0n) is 11.0. The number of nitrogens with zero attached hydrogens (tertiary/aromatic N) is 2. The van der Waals surface area contributed by atoms with Crippen LogP contribution in [0.3, 0.4) is 0 Å². The molecule has 1 unspecified atom stereocenters. The standard InChI is InChI=1S/C14H17BrClN3/c1-3-19-9-10(8-18-19)6-14(17-2)11-4-5-12(15)13(16)7-11/h4-5,7-9,14,17H,3,6H2,1-2H3. The summed E-state index contributed by atoms with van der Waals surface area (Å²) in [6.07, 6.45) is 4.91. The normalized spacial score (nSPS) is 12.6. The van der Waals surface area contributed by atoms with Gasteiger partial charge in [-0.3, -0.25) is 4.68 Å². The number of likely N-dealkylation sites (N-methyl/N-ethyl adjacent to an activating group) is 1. The molecule has 2 rings (SSSR count). The van der Waals surface area contributed by atoms with Crippen LogP contribution in [0.4, 0.5) is 0 Å². The highest BCUT2D eigenvalue weighted by Crippen LogP contribution is 2.27. The summed E-state index contributed by atoms with van der Waals surface area (Å²) in [6, 6.07) is 6.30. The molecule has 0 radical (unpaired) electrons. The molecule has 0 fully saturated rings. The number of benzene rings is 1. The van der Waals surface area contributed by atoms with Gasteiger partial charge in [0.1, 0.15) is 0 Å². The summed E-state index contributed by atoms with van der Waals surface area (Å²) in [6.45, 7) is 2.98. The molecule has 0 amide bonds. The number of nitrogens with one attached hydrogen (secondary N) is 1. The van der Waals surface area contributed by atoms with Crippen LogP contribution in [0.25, 0.3) is 0 Å². The summed E-state index contributed by atoms with van der Waals surface area (Å²) in [4.78, 5) is 0. The molecule has 5 heteroatoms. The van der Waals surface area contributed by atoms with Crippen LogP contribution < -0.4 is 5.32 Å². The zero-order valence-corrected chi connectivity index (χ0v) is 13.4. The lowest BCUT2D eigenvalue weighted by Crippen LogP contribution is -2.18. The number of halogens is 2. The van der Waals surface area contributed by atoms with E-state index in [9.17, 15) is 0 Å². The molecule has 1 aromatic heterocycles. The molecule has 1 heterocycles. The van der Waals surface area contributed by atoms with Gasteiger partial charge in [0, 0.05) is 23.3 Å². The fourth-order valence-electron chi connectivity index (χ4n) is 2.04. The molecule has 0 aliphatic rings. The zero-order chi connectivity index (χ0) is 13.8. The third kappa shape index (κ3) is 3.59. The lowest BCUT2D eigenvalue weighted by Gasteiger charge is -2.16. The molecule has 0 saturated carbocycles. The van der Waals surface area contributed by atoms with Crippen molar-refractivity contribution in [3.8, 4) is 0 Å². The maximum Gasteiger partial charge on any atom is 0.0551 e. The van der Waals surface area contributed by atoms with Gasteiger partial charge in [-0.05, 0) is 59.6 Å². The molecule has 19 heavy (non-hydrogen) atoms.